The first-order chi connectivity index (χ1) is 5.24. The molecule has 1 heterocycles. The lowest BCUT2D eigenvalue weighted by Gasteiger charge is -1.98. The minimum Gasteiger partial charge on any atom is -0.357 e. The smallest absolute Gasteiger partial charge is 0.281 e. The first kappa shape index (κ1) is 7.81. The van der Waals surface area contributed by atoms with Gasteiger partial charge in [-0.1, -0.05) is 0 Å². The monoisotopic (exact) mass is 153 g/mol. The minimum atomic E-state index is -0.152. The molecule has 0 saturated carbocycles. The zero-order valence-corrected chi connectivity index (χ0v) is 6.56. The SMILES string of the molecule is CNNC(=O)c1cc(C)c[nH]1. The maximum atomic E-state index is 11.1. The number of aromatic amines is 1. The Morgan fingerprint density at radius 1 is 1.64 bits per heavy atom. The maximum absolute atomic E-state index is 11.1. The summed E-state index contributed by atoms with van der Waals surface area (Å²) in [5.74, 6) is -0.152. The summed E-state index contributed by atoms with van der Waals surface area (Å²) < 4.78 is 0. The topological polar surface area (TPSA) is 56.9 Å². The number of hydrogen-bond donors (Lipinski definition) is 3. The Hall–Kier alpha value is -1.29. The molecular weight excluding hydrogens is 142 g/mol. The van der Waals surface area contributed by atoms with Gasteiger partial charge in [0.2, 0.25) is 0 Å². The van der Waals surface area contributed by atoms with E-state index >= 15 is 0 Å². The van der Waals surface area contributed by atoms with Gasteiger partial charge in [-0.3, -0.25) is 10.2 Å². The van der Waals surface area contributed by atoms with Crippen molar-refractivity contribution in [2.45, 2.75) is 6.92 Å². The predicted octanol–water partition coefficient (Wildman–Crippen LogP) is 0.187. The summed E-state index contributed by atoms with van der Waals surface area (Å²) in [7, 11) is 1.65. The lowest BCUT2D eigenvalue weighted by Crippen LogP contribution is -2.34. The number of rotatable bonds is 2. The Bertz CT molecular complexity index is 254. The fraction of sp³-hybridized carbons (Fsp3) is 0.286. The Labute approximate surface area is 65.0 Å². The molecule has 0 atom stereocenters. The molecule has 0 aliphatic rings. The largest absolute Gasteiger partial charge is 0.357 e. The zero-order chi connectivity index (χ0) is 8.27. The standard InChI is InChI=1S/C7H11N3O/c1-5-3-6(9-4-5)7(11)10-8-2/h3-4,8-9H,1-2H3,(H,10,11). The van der Waals surface area contributed by atoms with E-state index in [-0.39, 0.29) is 5.91 Å². The van der Waals surface area contributed by atoms with Crippen LogP contribution in [0.5, 0.6) is 0 Å². The molecule has 0 bridgehead atoms. The van der Waals surface area contributed by atoms with E-state index < -0.39 is 0 Å². The Morgan fingerprint density at radius 3 is 2.82 bits per heavy atom. The second-order valence-corrected chi connectivity index (χ2v) is 2.29. The summed E-state index contributed by atoms with van der Waals surface area (Å²) in [5, 5.41) is 0. The van der Waals surface area contributed by atoms with Gasteiger partial charge in [-0.2, -0.15) is 0 Å². The number of carbonyl (C=O) groups excluding carboxylic acids is 1. The van der Waals surface area contributed by atoms with Gasteiger partial charge in [-0.25, -0.2) is 5.43 Å². The number of hydrogen-bond acceptors (Lipinski definition) is 2. The summed E-state index contributed by atoms with van der Waals surface area (Å²) in [4.78, 5) is 13.9. The van der Waals surface area contributed by atoms with Crippen molar-refractivity contribution in [3.8, 4) is 0 Å². The van der Waals surface area contributed by atoms with E-state index in [0.717, 1.165) is 5.56 Å². The van der Waals surface area contributed by atoms with Crippen LogP contribution in [0, 0.1) is 6.92 Å². The number of amides is 1. The Balaban J connectivity index is 2.69. The second-order valence-electron chi connectivity index (χ2n) is 2.29. The third-order valence-corrected chi connectivity index (χ3v) is 1.31. The van der Waals surface area contributed by atoms with Crippen LogP contribution in [-0.4, -0.2) is 17.9 Å². The minimum absolute atomic E-state index is 0.152. The molecule has 60 valence electrons. The normalized spacial score (nSPS) is 9.64. The summed E-state index contributed by atoms with van der Waals surface area (Å²) in [6.45, 7) is 1.92. The average molecular weight is 153 g/mol. The van der Waals surface area contributed by atoms with E-state index in [4.69, 9.17) is 0 Å². The van der Waals surface area contributed by atoms with Gasteiger partial charge in [0.05, 0.1) is 0 Å². The summed E-state index contributed by atoms with van der Waals surface area (Å²) >= 11 is 0. The maximum Gasteiger partial charge on any atom is 0.281 e. The van der Waals surface area contributed by atoms with Crippen molar-refractivity contribution in [1.29, 1.82) is 0 Å². The van der Waals surface area contributed by atoms with E-state index in [1.807, 2.05) is 6.92 Å². The van der Waals surface area contributed by atoms with Crippen molar-refractivity contribution < 1.29 is 4.79 Å². The highest BCUT2D eigenvalue weighted by Crippen LogP contribution is 1.99. The molecule has 1 aromatic heterocycles. The van der Waals surface area contributed by atoms with Gasteiger partial charge < -0.3 is 4.98 Å². The van der Waals surface area contributed by atoms with Gasteiger partial charge in [0.25, 0.3) is 5.91 Å². The van der Waals surface area contributed by atoms with Gasteiger partial charge in [-0.05, 0) is 18.6 Å². The van der Waals surface area contributed by atoms with E-state index in [0.29, 0.717) is 5.69 Å². The van der Waals surface area contributed by atoms with Crippen molar-refractivity contribution in [3.63, 3.8) is 0 Å². The number of H-pyrrole nitrogens is 1. The fourth-order valence-electron chi connectivity index (χ4n) is 0.815. The lowest BCUT2D eigenvalue weighted by atomic mass is 10.3. The van der Waals surface area contributed by atoms with Crippen LogP contribution in [0.1, 0.15) is 16.1 Å². The predicted molar refractivity (Wildman–Crippen MR) is 42.1 cm³/mol. The van der Waals surface area contributed by atoms with E-state index in [9.17, 15) is 4.79 Å². The summed E-state index contributed by atoms with van der Waals surface area (Å²) in [5.41, 5.74) is 6.62. The number of nitrogens with one attached hydrogen (secondary N) is 3. The third kappa shape index (κ3) is 1.81. The highest BCUT2D eigenvalue weighted by atomic mass is 16.2. The molecule has 3 N–H and O–H groups in total. The van der Waals surface area contributed by atoms with Crippen molar-refractivity contribution in [3.05, 3.63) is 23.5 Å². The van der Waals surface area contributed by atoms with Crippen LogP contribution in [-0.2, 0) is 0 Å². The molecule has 0 aliphatic heterocycles. The molecule has 0 fully saturated rings. The quantitative estimate of drug-likeness (QED) is 0.531. The van der Waals surface area contributed by atoms with E-state index in [2.05, 4.69) is 15.8 Å². The first-order valence-corrected chi connectivity index (χ1v) is 3.36. The molecule has 4 heteroatoms. The summed E-state index contributed by atoms with van der Waals surface area (Å²) in [6.07, 6.45) is 1.78. The molecule has 0 unspecified atom stereocenters. The van der Waals surface area contributed by atoms with Crippen LogP contribution >= 0.6 is 0 Å². The van der Waals surface area contributed by atoms with Crippen LogP contribution in [0.15, 0.2) is 12.3 Å². The van der Waals surface area contributed by atoms with Crippen LogP contribution in [0.2, 0.25) is 0 Å². The molecule has 0 aromatic carbocycles. The van der Waals surface area contributed by atoms with Gasteiger partial charge in [0.15, 0.2) is 0 Å². The number of carbonyl (C=O) groups is 1. The van der Waals surface area contributed by atoms with Gasteiger partial charge in [0.1, 0.15) is 5.69 Å². The fourth-order valence-corrected chi connectivity index (χ4v) is 0.815. The second kappa shape index (κ2) is 3.21. The molecule has 11 heavy (non-hydrogen) atoms. The van der Waals surface area contributed by atoms with Gasteiger partial charge in [0, 0.05) is 13.2 Å². The highest BCUT2D eigenvalue weighted by molar-refractivity contribution is 5.92. The van der Waals surface area contributed by atoms with Crippen LogP contribution in [0.25, 0.3) is 0 Å². The molecule has 0 radical (unpaired) electrons. The number of aryl methyl sites for hydroxylation is 1. The van der Waals surface area contributed by atoms with Crippen LogP contribution < -0.4 is 10.9 Å². The van der Waals surface area contributed by atoms with Crippen LogP contribution in [0.4, 0.5) is 0 Å². The van der Waals surface area contributed by atoms with Crippen LogP contribution in [0.3, 0.4) is 0 Å². The van der Waals surface area contributed by atoms with Crippen molar-refractivity contribution >= 4 is 5.91 Å². The molecule has 1 aromatic rings. The van der Waals surface area contributed by atoms with E-state index in [1.165, 1.54) is 0 Å². The highest BCUT2D eigenvalue weighted by Gasteiger charge is 2.04. The number of hydrazine groups is 1. The molecule has 0 aliphatic carbocycles. The molecule has 0 saturated heterocycles. The average Bonchev–Trinajstić information content (AvgIpc) is 2.36. The molecular formula is C7H11N3O. The van der Waals surface area contributed by atoms with Gasteiger partial charge in [-0.15, -0.1) is 0 Å². The lowest BCUT2D eigenvalue weighted by molar-refractivity contribution is 0.0933. The molecule has 1 rings (SSSR count). The Kier molecular flexibility index (Phi) is 2.28. The molecule has 0 spiro atoms. The molecule has 1 amide bonds. The Morgan fingerprint density at radius 2 is 2.36 bits per heavy atom. The molecule has 4 nitrogen and oxygen atoms in total. The van der Waals surface area contributed by atoms with Crippen molar-refractivity contribution in [1.82, 2.24) is 15.8 Å². The van der Waals surface area contributed by atoms with E-state index in [1.54, 1.807) is 19.3 Å². The third-order valence-electron chi connectivity index (χ3n) is 1.31. The van der Waals surface area contributed by atoms with Gasteiger partial charge >= 0.3 is 0 Å². The van der Waals surface area contributed by atoms with Crippen molar-refractivity contribution in [2.75, 3.05) is 7.05 Å². The first-order valence-electron chi connectivity index (χ1n) is 3.36. The van der Waals surface area contributed by atoms with Crippen molar-refractivity contribution in [2.24, 2.45) is 0 Å². The summed E-state index contributed by atoms with van der Waals surface area (Å²) in [6, 6.07) is 1.78. The number of aromatic nitrogens is 1. The zero-order valence-electron chi connectivity index (χ0n) is 6.56.